The van der Waals surface area contributed by atoms with Crippen molar-refractivity contribution in [2.24, 2.45) is 0 Å². The molecule has 8 aromatic rings. The van der Waals surface area contributed by atoms with E-state index in [0.29, 0.717) is 0 Å². The summed E-state index contributed by atoms with van der Waals surface area (Å²) in [5.41, 5.74) is 8.61. The number of hydrogen-bond acceptors (Lipinski definition) is 2. The number of rotatable bonds is 2. The van der Waals surface area contributed by atoms with E-state index in [4.69, 9.17) is 17.2 Å². The fourth-order valence-electron chi connectivity index (χ4n) is 5.83. The average molecular weight is 504 g/mol. The van der Waals surface area contributed by atoms with Crippen molar-refractivity contribution >= 4 is 61.5 Å². The summed E-state index contributed by atoms with van der Waals surface area (Å²) in [6.45, 7) is 0. The number of imidazole rings is 1. The molecule has 3 aromatic heterocycles. The van der Waals surface area contributed by atoms with Gasteiger partial charge in [0.25, 0.3) is 0 Å². The van der Waals surface area contributed by atoms with Gasteiger partial charge in [-0.1, -0.05) is 115 Å². The van der Waals surface area contributed by atoms with Crippen LogP contribution in [0, 0.1) is 4.64 Å². The Morgan fingerprint density at radius 1 is 0.526 bits per heavy atom. The number of aromatic nitrogens is 3. The van der Waals surface area contributed by atoms with Crippen molar-refractivity contribution in [2.75, 3.05) is 0 Å². The molecule has 0 amide bonds. The molecule has 0 N–H and O–H groups in total. The van der Waals surface area contributed by atoms with Gasteiger partial charge in [0.2, 0.25) is 0 Å². The highest BCUT2D eigenvalue weighted by molar-refractivity contribution is 7.71. The van der Waals surface area contributed by atoms with Crippen LogP contribution in [-0.2, 0) is 0 Å². The van der Waals surface area contributed by atoms with Crippen LogP contribution in [0.1, 0.15) is 0 Å². The molecule has 5 aromatic carbocycles. The molecule has 0 aliphatic carbocycles. The van der Waals surface area contributed by atoms with Gasteiger partial charge in [-0.05, 0) is 35.4 Å². The molecule has 0 aliphatic rings. The third-order valence-corrected chi connectivity index (χ3v) is 7.89. The van der Waals surface area contributed by atoms with Gasteiger partial charge >= 0.3 is 0 Å². The van der Waals surface area contributed by atoms with Gasteiger partial charge in [-0.15, -0.1) is 0 Å². The van der Waals surface area contributed by atoms with Crippen molar-refractivity contribution < 1.29 is 0 Å². The Morgan fingerprint density at radius 2 is 1.16 bits per heavy atom. The predicted octanol–water partition coefficient (Wildman–Crippen LogP) is 9.13. The Hall–Kier alpha value is -4.80. The van der Waals surface area contributed by atoms with E-state index in [0.717, 1.165) is 65.2 Å². The first-order valence-corrected chi connectivity index (χ1v) is 13.1. The highest BCUT2D eigenvalue weighted by atomic mass is 32.1. The predicted molar refractivity (Wildman–Crippen MR) is 161 cm³/mol. The molecule has 8 rings (SSSR count). The van der Waals surface area contributed by atoms with Crippen molar-refractivity contribution in [1.82, 2.24) is 14.0 Å². The molecule has 0 unspecified atom stereocenters. The third-order valence-electron chi connectivity index (χ3n) is 7.48. The molecule has 0 saturated heterocycles. The maximum Gasteiger partial charge on any atom is 0.146 e. The second-order valence-corrected chi connectivity index (χ2v) is 9.99. The summed E-state index contributed by atoms with van der Waals surface area (Å²) in [7, 11) is 0. The normalized spacial score (nSPS) is 11.8. The first kappa shape index (κ1) is 21.3. The van der Waals surface area contributed by atoms with Gasteiger partial charge in [-0.3, -0.25) is 8.97 Å². The van der Waals surface area contributed by atoms with E-state index in [-0.39, 0.29) is 0 Å². The van der Waals surface area contributed by atoms with E-state index in [9.17, 15) is 0 Å². The van der Waals surface area contributed by atoms with Crippen molar-refractivity contribution in [2.45, 2.75) is 0 Å². The number of hydrogen-bond donors (Lipinski definition) is 0. The van der Waals surface area contributed by atoms with Crippen molar-refractivity contribution in [3.05, 3.63) is 132 Å². The van der Waals surface area contributed by atoms with Crippen LogP contribution in [0.3, 0.4) is 0 Å². The zero-order valence-corrected chi connectivity index (χ0v) is 21.2. The molecule has 0 fully saturated rings. The average Bonchev–Trinajstić information content (AvgIpc) is 3.38. The highest BCUT2D eigenvalue weighted by Crippen LogP contribution is 2.38. The van der Waals surface area contributed by atoms with Gasteiger partial charge in [-0.2, -0.15) is 0 Å². The lowest BCUT2D eigenvalue weighted by molar-refractivity contribution is 1.10. The Morgan fingerprint density at radius 3 is 1.97 bits per heavy atom. The number of fused-ring (bicyclic) bond motifs is 10. The Bertz CT molecular complexity index is 2260. The van der Waals surface area contributed by atoms with Crippen LogP contribution in [0.4, 0.5) is 0 Å². The van der Waals surface area contributed by atoms with E-state index in [1.807, 2.05) is 12.1 Å². The molecule has 0 atom stereocenters. The second kappa shape index (κ2) is 8.10. The Kier molecular flexibility index (Phi) is 4.54. The summed E-state index contributed by atoms with van der Waals surface area (Å²) in [6.07, 6.45) is 0. The lowest BCUT2D eigenvalue weighted by atomic mass is 10.0. The minimum Gasteiger partial charge on any atom is -0.298 e. The monoisotopic (exact) mass is 503 g/mol. The van der Waals surface area contributed by atoms with Crippen LogP contribution < -0.4 is 0 Å². The molecule has 0 bridgehead atoms. The molecule has 3 heterocycles. The number of para-hydroxylation sites is 2. The van der Waals surface area contributed by atoms with E-state index in [1.165, 1.54) is 5.56 Å². The minimum atomic E-state index is 0.798. The molecular weight excluding hydrogens is 482 g/mol. The first-order valence-electron chi connectivity index (χ1n) is 12.7. The van der Waals surface area contributed by atoms with Crippen molar-refractivity contribution in [3.8, 4) is 16.8 Å². The zero-order valence-electron chi connectivity index (χ0n) is 20.4. The zero-order chi connectivity index (χ0) is 25.2. The molecule has 38 heavy (non-hydrogen) atoms. The summed E-state index contributed by atoms with van der Waals surface area (Å²) in [4.78, 5) is 5.11. The van der Waals surface area contributed by atoms with Gasteiger partial charge in [-0.25, -0.2) is 4.98 Å². The molecular formula is C34H21N3S. The Balaban J connectivity index is 1.65. The van der Waals surface area contributed by atoms with Crippen LogP contribution >= 0.6 is 12.2 Å². The lowest BCUT2D eigenvalue weighted by Crippen LogP contribution is -2.05. The summed E-state index contributed by atoms with van der Waals surface area (Å²) >= 11 is 6.26. The van der Waals surface area contributed by atoms with Gasteiger partial charge in [0.15, 0.2) is 0 Å². The smallest absolute Gasteiger partial charge is 0.146 e. The topological polar surface area (TPSA) is 22.2 Å². The molecule has 0 aliphatic heterocycles. The largest absolute Gasteiger partial charge is 0.298 e. The summed E-state index contributed by atoms with van der Waals surface area (Å²) in [6, 6.07) is 44.6. The molecule has 4 heteroatoms. The van der Waals surface area contributed by atoms with E-state index in [1.54, 1.807) is 0 Å². The van der Waals surface area contributed by atoms with Gasteiger partial charge in [0.05, 0.1) is 22.1 Å². The SMILES string of the molecule is S=c1c2ccccc2c2c(c3ccccc3c3nc4ccccc4n32)n1-c1cccc(-c2ccccc2)c1. The minimum absolute atomic E-state index is 0.798. The van der Waals surface area contributed by atoms with E-state index in [2.05, 4.69) is 124 Å². The van der Waals surface area contributed by atoms with Crippen LogP contribution in [-0.4, -0.2) is 14.0 Å². The van der Waals surface area contributed by atoms with E-state index >= 15 is 0 Å². The van der Waals surface area contributed by atoms with Crippen LogP contribution in [0.5, 0.6) is 0 Å². The van der Waals surface area contributed by atoms with E-state index < -0.39 is 0 Å². The summed E-state index contributed by atoms with van der Waals surface area (Å²) in [5.74, 6) is 0. The summed E-state index contributed by atoms with van der Waals surface area (Å²) < 4.78 is 5.38. The Labute approximate surface area is 223 Å². The first-order chi connectivity index (χ1) is 18.8. The van der Waals surface area contributed by atoms with Crippen LogP contribution in [0.2, 0.25) is 0 Å². The number of nitrogens with zero attached hydrogens (tertiary/aromatic N) is 3. The van der Waals surface area contributed by atoms with Crippen LogP contribution in [0.25, 0.3) is 66.1 Å². The third kappa shape index (κ3) is 2.95. The fourth-order valence-corrected chi connectivity index (χ4v) is 6.20. The van der Waals surface area contributed by atoms with Gasteiger partial charge in [0, 0.05) is 27.2 Å². The standard InChI is InChI=1S/C34H21N3S/c38-34-28-18-7-5-16-26(28)32-31(36(34)24-14-10-13-23(21-24)22-11-2-1-3-12-22)25-15-4-6-17-27(25)33-35-29-19-8-9-20-30(29)37(32)33/h1-21H. The lowest BCUT2D eigenvalue weighted by Gasteiger charge is -2.19. The van der Waals surface area contributed by atoms with Crippen molar-refractivity contribution in [3.63, 3.8) is 0 Å². The van der Waals surface area contributed by atoms with Gasteiger partial charge in [0.1, 0.15) is 10.3 Å². The maximum atomic E-state index is 6.26. The maximum absolute atomic E-state index is 6.26. The second-order valence-electron chi connectivity index (χ2n) is 9.60. The fraction of sp³-hybridized carbons (Fsp3) is 0. The molecule has 3 nitrogen and oxygen atoms in total. The molecule has 0 spiro atoms. The quantitative estimate of drug-likeness (QED) is 0.173. The highest BCUT2D eigenvalue weighted by Gasteiger charge is 2.20. The van der Waals surface area contributed by atoms with Gasteiger partial charge < -0.3 is 0 Å². The molecule has 178 valence electrons. The number of benzene rings is 5. The number of pyridine rings is 2. The molecule has 0 saturated carbocycles. The van der Waals surface area contributed by atoms with Crippen LogP contribution in [0.15, 0.2) is 127 Å². The summed E-state index contributed by atoms with van der Waals surface area (Å²) in [5, 5.41) is 4.41. The van der Waals surface area contributed by atoms with Crippen molar-refractivity contribution in [1.29, 1.82) is 0 Å². The molecule has 0 radical (unpaired) electrons.